The summed E-state index contributed by atoms with van der Waals surface area (Å²) in [5, 5.41) is 12.0. The van der Waals surface area contributed by atoms with Crippen LogP contribution in [0.4, 0.5) is 4.79 Å². The molecule has 1 fully saturated rings. The largest absolute Gasteiger partial charge is 0.479 e. The second-order valence-corrected chi connectivity index (χ2v) is 5.91. The second-order valence-electron chi connectivity index (χ2n) is 5.91. The normalized spacial score (nSPS) is 15.6. The van der Waals surface area contributed by atoms with Gasteiger partial charge in [0, 0.05) is 12.6 Å². The molecule has 1 aromatic rings. The molecule has 1 saturated carbocycles. The Labute approximate surface area is 125 Å². The Morgan fingerprint density at radius 1 is 1.29 bits per heavy atom. The number of benzene rings is 1. The molecule has 0 aromatic heterocycles. The molecule has 1 aliphatic carbocycles. The molecule has 1 aromatic carbocycles. The SMILES string of the molecule is CC(C)CN(C(=O)NC(C(=O)O)c1ccccc1)C1CC1. The number of amides is 2. The lowest BCUT2D eigenvalue weighted by atomic mass is 10.1. The van der Waals surface area contributed by atoms with Gasteiger partial charge in [0.1, 0.15) is 0 Å². The number of nitrogens with zero attached hydrogens (tertiary/aromatic N) is 1. The van der Waals surface area contributed by atoms with E-state index >= 15 is 0 Å². The van der Waals surface area contributed by atoms with E-state index in [1.807, 2.05) is 6.07 Å². The lowest BCUT2D eigenvalue weighted by Gasteiger charge is -2.26. The van der Waals surface area contributed by atoms with Crippen LogP contribution in [0.25, 0.3) is 0 Å². The minimum absolute atomic E-state index is 0.262. The van der Waals surface area contributed by atoms with Gasteiger partial charge in [-0.15, -0.1) is 0 Å². The lowest BCUT2D eigenvalue weighted by Crippen LogP contribution is -2.46. The van der Waals surface area contributed by atoms with Crippen molar-refractivity contribution in [3.05, 3.63) is 35.9 Å². The van der Waals surface area contributed by atoms with Crippen molar-refractivity contribution in [1.29, 1.82) is 0 Å². The van der Waals surface area contributed by atoms with Gasteiger partial charge in [-0.05, 0) is 24.3 Å². The Bertz CT molecular complexity index is 498. The highest BCUT2D eigenvalue weighted by Gasteiger charge is 2.34. The molecule has 0 bridgehead atoms. The van der Waals surface area contributed by atoms with Crippen molar-refractivity contribution in [3.63, 3.8) is 0 Å². The monoisotopic (exact) mass is 290 g/mol. The van der Waals surface area contributed by atoms with Crippen LogP contribution in [-0.2, 0) is 4.79 Å². The summed E-state index contributed by atoms with van der Waals surface area (Å²) in [6.45, 7) is 4.75. The first-order chi connectivity index (χ1) is 9.99. The molecule has 2 amide bonds. The maximum atomic E-state index is 12.4. The molecule has 1 atom stereocenters. The van der Waals surface area contributed by atoms with Gasteiger partial charge < -0.3 is 15.3 Å². The minimum Gasteiger partial charge on any atom is -0.479 e. The molecule has 0 aliphatic heterocycles. The van der Waals surface area contributed by atoms with Gasteiger partial charge in [0.25, 0.3) is 0 Å². The van der Waals surface area contributed by atoms with E-state index in [0.717, 1.165) is 12.8 Å². The van der Waals surface area contributed by atoms with Crippen molar-refractivity contribution in [1.82, 2.24) is 10.2 Å². The first-order valence-corrected chi connectivity index (χ1v) is 7.34. The summed E-state index contributed by atoms with van der Waals surface area (Å²) in [5.41, 5.74) is 0.582. The van der Waals surface area contributed by atoms with E-state index in [0.29, 0.717) is 18.0 Å². The van der Waals surface area contributed by atoms with E-state index in [9.17, 15) is 14.7 Å². The number of carbonyl (C=O) groups excluding carboxylic acids is 1. The van der Waals surface area contributed by atoms with Crippen LogP contribution >= 0.6 is 0 Å². The molecule has 5 nitrogen and oxygen atoms in total. The molecule has 0 heterocycles. The van der Waals surface area contributed by atoms with E-state index < -0.39 is 12.0 Å². The third-order valence-corrected chi connectivity index (χ3v) is 3.46. The van der Waals surface area contributed by atoms with E-state index in [1.165, 1.54) is 0 Å². The van der Waals surface area contributed by atoms with Crippen molar-refractivity contribution in [3.8, 4) is 0 Å². The standard InChI is InChI=1S/C16H22N2O3/c1-11(2)10-18(13-8-9-13)16(21)17-14(15(19)20)12-6-4-3-5-7-12/h3-7,11,13-14H,8-10H2,1-2H3,(H,17,21)(H,19,20). The molecule has 1 unspecified atom stereocenters. The van der Waals surface area contributed by atoms with Gasteiger partial charge >= 0.3 is 12.0 Å². The first-order valence-electron chi connectivity index (χ1n) is 7.34. The summed E-state index contributed by atoms with van der Waals surface area (Å²) in [6, 6.07) is 7.74. The molecule has 2 N–H and O–H groups in total. The first kappa shape index (κ1) is 15.4. The van der Waals surface area contributed by atoms with Gasteiger partial charge in [-0.3, -0.25) is 0 Å². The van der Waals surface area contributed by atoms with Gasteiger partial charge in [0.05, 0.1) is 0 Å². The third kappa shape index (κ3) is 4.21. The summed E-state index contributed by atoms with van der Waals surface area (Å²) in [6.07, 6.45) is 2.01. The van der Waals surface area contributed by atoms with Crippen LogP contribution in [0.5, 0.6) is 0 Å². The Morgan fingerprint density at radius 2 is 1.90 bits per heavy atom. The van der Waals surface area contributed by atoms with Gasteiger partial charge in [-0.1, -0.05) is 44.2 Å². The molecule has 5 heteroatoms. The summed E-state index contributed by atoms with van der Waals surface area (Å²) in [7, 11) is 0. The summed E-state index contributed by atoms with van der Waals surface area (Å²) < 4.78 is 0. The number of hydrogen-bond donors (Lipinski definition) is 2. The van der Waals surface area contributed by atoms with Crippen molar-refractivity contribution in [2.24, 2.45) is 5.92 Å². The van der Waals surface area contributed by atoms with Crippen LogP contribution in [0.15, 0.2) is 30.3 Å². The van der Waals surface area contributed by atoms with Crippen LogP contribution in [0.3, 0.4) is 0 Å². The highest BCUT2D eigenvalue weighted by atomic mass is 16.4. The van der Waals surface area contributed by atoms with Gasteiger partial charge in [0.15, 0.2) is 6.04 Å². The number of rotatable bonds is 6. The van der Waals surface area contributed by atoms with Crippen LogP contribution in [0.1, 0.15) is 38.3 Å². The Kier molecular flexibility index (Phi) is 4.83. The van der Waals surface area contributed by atoms with Crippen molar-refractivity contribution < 1.29 is 14.7 Å². The fraction of sp³-hybridized carbons (Fsp3) is 0.500. The van der Waals surface area contributed by atoms with E-state index in [2.05, 4.69) is 19.2 Å². The fourth-order valence-corrected chi connectivity index (χ4v) is 2.32. The van der Waals surface area contributed by atoms with Gasteiger partial charge in [0.2, 0.25) is 0 Å². The summed E-state index contributed by atoms with van der Waals surface area (Å²) >= 11 is 0. The average molecular weight is 290 g/mol. The highest BCUT2D eigenvalue weighted by Crippen LogP contribution is 2.28. The van der Waals surface area contributed by atoms with E-state index in [1.54, 1.807) is 29.2 Å². The molecule has 114 valence electrons. The Balaban J connectivity index is 2.09. The number of carbonyl (C=O) groups is 2. The maximum absolute atomic E-state index is 12.4. The van der Waals surface area contributed by atoms with Crippen molar-refractivity contribution in [2.45, 2.75) is 38.8 Å². The smallest absolute Gasteiger partial charge is 0.330 e. The van der Waals surface area contributed by atoms with Gasteiger partial charge in [-0.2, -0.15) is 0 Å². The average Bonchev–Trinajstić information content (AvgIpc) is 3.26. The molecule has 0 saturated heterocycles. The molecule has 21 heavy (non-hydrogen) atoms. The van der Waals surface area contributed by atoms with E-state index in [4.69, 9.17) is 0 Å². The predicted octanol–water partition coefficient (Wildman–Crippen LogP) is 2.64. The number of carboxylic acids is 1. The quantitative estimate of drug-likeness (QED) is 0.846. The molecule has 2 rings (SSSR count). The van der Waals surface area contributed by atoms with Gasteiger partial charge in [-0.25, -0.2) is 9.59 Å². The second kappa shape index (κ2) is 6.61. The zero-order valence-electron chi connectivity index (χ0n) is 12.5. The maximum Gasteiger partial charge on any atom is 0.330 e. The number of hydrogen-bond acceptors (Lipinski definition) is 2. The minimum atomic E-state index is -1.05. The molecule has 0 spiro atoms. The molecular formula is C16H22N2O3. The lowest BCUT2D eigenvalue weighted by molar-refractivity contribution is -0.139. The zero-order valence-corrected chi connectivity index (χ0v) is 12.5. The number of aliphatic carboxylic acids is 1. The molecule has 1 aliphatic rings. The summed E-state index contributed by atoms with van der Waals surface area (Å²) in [5.74, 6) is -0.689. The Morgan fingerprint density at radius 3 is 2.38 bits per heavy atom. The zero-order chi connectivity index (χ0) is 15.4. The number of nitrogens with one attached hydrogen (secondary N) is 1. The summed E-state index contributed by atoms with van der Waals surface area (Å²) in [4.78, 5) is 25.6. The van der Waals surface area contributed by atoms with E-state index in [-0.39, 0.29) is 12.1 Å². The number of carboxylic acid groups (broad SMARTS) is 1. The fourth-order valence-electron chi connectivity index (χ4n) is 2.32. The third-order valence-electron chi connectivity index (χ3n) is 3.46. The predicted molar refractivity (Wildman–Crippen MR) is 79.9 cm³/mol. The Hall–Kier alpha value is -2.04. The highest BCUT2D eigenvalue weighted by molar-refractivity contribution is 5.84. The molecular weight excluding hydrogens is 268 g/mol. The van der Waals surface area contributed by atoms with Crippen molar-refractivity contribution >= 4 is 12.0 Å². The number of urea groups is 1. The van der Waals surface area contributed by atoms with Crippen molar-refractivity contribution in [2.75, 3.05) is 6.54 Å². The van der Waals surface area contributed by atoms with Crippen LogP contribution in [0, 0.1) is 5.92 Å². The van der Waals surface area contributed by atoms with Crippen LogP contribution in [0.2, 0.25) is 0 Å². The van der Waals surface area contributed by atoms with Crippen LogP contribution in [-0.4, -0.2) is 34.6 Å². The topological polar surface area (TPSA) is 69.6 Å². The van der Waals surface area contributed by atoms with Crippen LogP contribution < -0.4 is 5.32 Å². The molecule has 0 radical (unpaired) electrons.